The van der Waals surface area contributed by atoms with Crippen molar-refractivity contribution in [3.8, 4) is 0 Å². The molecule has 8 heteroatoms. The largest absolute Gasteiger partial charge is 0.356 e. The lowest BCUT2D eigenvalue weighted by Gasteiger charge is -2.14. The lowest BCUT2D eigenvalue weighted by Crippen LogP contribution is -2.39. The number of aryl methyl sites for hydroxylation is 3. The van der Waals surface area contributed by atoms with Crippen molar-refractivity contribution in [3.05, 3.63) is 68.9 Å². The van der Waals surface area contributed by atoms with Gasteiger partial charge in [0.15, 0.2) is 11.8 Å². The number of nitrogens with zero attached hydrogens (tertiary/aromatic N) is 4. The molecule has 6 nitrogen and oxygen atoms in total. The number of nitrogens with one attached hydrogen (secondary N) is 2. The first-order valence-corrected chi connectivity index (χ1v) is 10.9. The van der Waals surface area contributed by atoms with Crippen molar-refractivity contribution in [2.45, 2.75) is 40.2 Å². The number of guanidine groups is 1. The van der Waals surface area contributed by atoms with Crippen LogP contribution in [0.4, 0.5) is 0 Å². The van der Waals surface area contributed by atoms with Gasteiger partial charge in [0.25, 0.3) is 0 Å². The van der Waals surface area contributed by atoms with E-state index in [0.29, 0.717) is 6.54 Å². The van der Waals surface area contributed by atoms with Crippen LogP contribution in [0.5, 0.6) is 0 Å². The zero-order valence-electron chi connectivity index (χ0n) is 18.1. The summed E-state index contributed by atoms with van der Waals surface area (Å²) in [4.78, 5) is 6.11. The first-order chi connectivity index (χ1) is 14.0. The van der Waals surface area contributed by atoms with Crippen molar-refractivity contribution in [3.63, 3.8) is 0 Å². The number of aromatic nitrogens is 3. The topological polar surface area (TPSA) is 67.1 Å². The summed E-state index contributed by atoms with van der Waals surface area (Å²) in [7, 11) is 1.97. The number of hydrogen-bond acceptors (Lipinski definition) is 4. The molecule has 1 aromatic carbocycles. The minimum Gasteiger partial charge on any atom is -0.356 e. The van der Waals surface area contributed by atoms with Crippen molar-refractivity contribution >= 4 is 41.3 Å². The normalized spacial score (nSPS) is 11.3. The Hall–Kier alpha value is -1.94. The number of rotatable bonds is 8. The van der Waals surface area contributed by atoms with Crippen molar-refractivity contribution in [1.82, 2.24) is 25.4 Å². The number of halogens is 1. The van der Waals surface area contributed by atoms with Crippen LogP contribution < -0.4 is 10.6 Å². The monoisotopic (exact) mass is 538 g/mol. The van der Waals surface area contributed by atoms with Gasteiger partial charge in [-0.05, 0) is 61.7 Å². The minimum atomic E-state index is 0. The van der Waals surface area contributed by atoms with Gasteiger partial charge in [-0.3, -0.25) is 0 Å². The Kier molecular flexibility index (Phi) is 9.77. The lowest BCUT2D eigenvalue weighted by atomic mass is 10.0. The molecule has 0 bridgehead atoms. The van der Waals surface area contributed by atoms with E-state index in [-0.39, 0.29) is 24.0 Å². The fraction of sp³-hybridized carbons (Fsp3) is 0.409. The maximum atomic E-state index is 4.74. The van der Waals surface area contributed by atoms with E-state index in [4.69, 9.17) is 4.99 Å². The Morgan fingerprint density at radius 1 is 1.00 bits per heavy atom. The second kappa shape index (κ2) is 12.0. The Morgan fingerprint density at radius 3 is 2.30 bits per heavy atom. The fourth-order valence-electron chi connectivity index (χ4n) is 3.22. The third-order valence-corrected chi connectivity index (χ3v) is 6.05. The third kappa shape index (κ3) is 6.80. The summed E-state index contributed by atoms with van der Waals surface area (Å²) in [5.41, 5.74) is 4.08. The molecule has 0 aliphatic carbocycles. The van der Waals surface area contributed by atoms with E-state index in [9.17, 15) is 0 Å². The standard InChI is InChI=1S/C22H30N6S.HI/c1-16-7-5-8-17(2)20(16)11-13-24-22(23-12-10-19-9-6-14-29-19)25-15-21-27-26-18(3)28(21)4;/h5-9,14H,10-13,15H2,1-4H3,(H2,23,24,25);1H. The summed E-state index contributed by atoms with van der Waals surface area (Å²) in [5, 5.41) is 17.4. The molecule has 0 saturated carbocycles. The quantitative estimate of drug-likeness (QED) is 0.259. The smallest absolute Gasteiger partial charge is 0.191 e. The van der Waals surface area contributed by atoms with Gasteiger partial charge in [0.05, 0.1) is 0 Å². The van der Waals surface area contributed by atoms with Crippen LogP contribution in [0.15, 0.2) is 40.7 Å². The molecule has 2 N–H and O–H groups in total. The van der Waals surface area contributed by atoms with E-state index in [1.54, 1.807) is 11.3 Å². The van der Waals surface area contributed by atoms with Crippen molar-refractivity contribution in [2.24, 2.45) is 12.0 Å². The Morgan fingerprint density at radius 2 is 1.70 bits per heavy atom. The fourth-order valence-corrected chi connectivity index (χ4v) is 3.93. The van der Waals surface area contributed by atoms with Crippen LogP contribution in [0.25, 0.3) is 0 Å². The Labute approximate surface area is 200 Å². The molecule has 0 unspecified atom stereocenters. The SMILES string of the molecule is Cc1cccc(C)c1CCNC(=NCc1nnc(C)n1C)NCCc1cccs1.I. The molecule has 3 aromatic rings. The molecule has 0 radical (unpaired) electrons. The van der Waals surface area contributed by atoms with Crippen molar-refractivity contribution < 1.29 is 0 Å². The number of thiophene rings is 1. The molecule has 0 aliphatic rings. The number of benzene rings is 1. The van der Waals surface area contributed by atoms with E-state index in [1.807, 2.05) is 18.5 Å². The highest BCUT2D eigenvalue weighted by molar-refractivity contribution is 14.0. The molecule has 0 fully saturated rings. The highest BCUT2D eigenvalue weighted by Crippen LogP contribution is 2.13. The van der Waals surface area contributed by atoms with Gasteiger partial charge in [0.1, 0.15) is 12.4 Å². The van der Waals surface area contributed by atoms with Crippen LogP contribution in [0, 0.1) is 20.8 Å². The molecule has 3 rings (SSSR count). The van der Waals surface area contributed by atoms with E-state index >= 15 is 0 Å². The summed E-state index contributed by atoms with van der Waals surface area (Å²) in [6.45, 7) is 8.46. The summed E-state index contributed by atoms with van der Waals surface area (Å²) in [6.07, 6.45) is 1.95. The molecule has 2 aromatic heterocycles. The first-order valence-electron chi connectivity index (χ1n) is 9.99. The van der Waals surface area contributed by atoms with Gasteiger partial charge >= 0.3 is 0 Å². The van der Waals surface area contributed by atoms with Gasteiger partial charge in [-0.2, -0.15) is 0 Å². The molecule has 0 atom stereocenters. The van der Waals surface area contributed by atoms with Gasteiger partial charge in [0, 0.05) is 25.0 Å². The summed E-state index contributed by atoms with van der Waals surface area (Å²) in [5.74, 6) is 2.57. The molecular weight excluding hydrogens is 507 g/mol. The second-order valence-corrected chi connectivity index (χ2v) is 8.22. The third-order valence-electron chi connectivity index (χ3n) is 5.12. The van der Waals surface area contributed by atoms with E-state index < -0.39 is 0 Å². The molecule has 0 aliphatic heterocycles. The molecule has 0 amide bonds. The van der Waals surface area contributed by atoms with Crippen LogP contribution >= 0.6 is 35.3 Å². The Balaban J connectivity index is 0.00000320. The zero-order valence-corrected chi connectivity index (χ0v) is 21.3. The molecule has 30 heavy (non-hydrogen) atoms. The zero-order chi connectivity index (χ0) is 20.6. The summed E-state index contributed by atoms with van der Waals surface area (Å²) >= 11 is 1.79. The summed E-state index contributed by atoms with van der Waals surface area (Å²) < 4.78 is 1.98. The van der Waals surface area contributed by atoms with Crippen LogP contribution in [0.2, 0.25) is 0 Å². The van der Waals surface area contributed by atoms with E-state index in [1.165, 1.54) is 21.6 Å². The molecule has 2 heterocycles. The molecule has 162 valence electrons. The van der Waals surface area contributed by atoms with Gasteiger partial charge < -0.3 is 15.2 Å². The number of aliphatic imine (C=N–C) groups is 1. The van der Waals surface area contributed by atoms with Gasteiger partial charge in [0.2, 0.25) is 0 Å². The van der Waals surface area contributed by atoms with E-state index in [0.717, 1.165) is 43.5 Å². The van der Waals surface area contributed by atoms with Gasteiger partial charge in [-0.15, -0.1) is 45.5 Å². The maximum absolute atomic E-state index is 4.74. The Bertz CT molecular complexity index is 928. The van der Waals surface area contributed by atoms with Crippen molar-refractivity contribution in [1.29, 1.82) is 0 Å². The van der Waals surface area contributed by atoms with Crippen molar-refractivity contribution in [2.75, 3.05) is 13.1 Å². The highest BCUT2D eigenvalue weighted by atomic mass is 127. The molecule has 0 saturated heterocycles. The molecule has 0 spiro atoms. The second-order valence-electron chi connectivity index (χ2n) is 7.19. The van der Waals surface area contributed by atoms with Crippen LogP contribution in [-0.2, 0) is 26.4 Å². The maximum Gasteiger partial charge on any atom is 0.191 e. The van der Waals surface area contributed by atoms with Gasteiger partial charge in [-0.1, -0.05) is 24.3 Å². The lowest BCUT2D eigenvalue weighted by molar-refractivity contribution is 0.745. The predicted octanol–water partition coefficient (Wildman–Crippen LogP) is 3.94. The van der Waals surface area contributed by atoms with Gasteiger partial charge in [-0.25, -0.2) is 4.99 Å². The number of hydrogen-bond donors (Lipinski definition) is 2. The average Bonchev–Trinajstić information content (AvgIpc) is 3.32. The first kappa shape index (κ1) is 24.3. The van der Waals surface area contributed by atoms with Crippen LogP contribution in [0.3, 0.4) is 0 Å². The predicted molar refractivity (Wildman–Crippen MR) is 136 cm³/mol. The molecular formula is C22H31IN6S. The minimum absolute atomic E-state index is 0. The van der Waals surface area contributed by atoms with Crippen LogP contribution in [-0.4, -0.2) is 33.8 Å². The summed E-state index contributed by atoms with van der Waals surface area (Å²) in [6, 6.07) is 10.7. The highest BCUT2D eigenvalue weighted by Gasteiger charge is 2.07. The average molecular weight is 539 g/mol. The van der Waals surface area contributed by atoms with Crippen LogP contribution in [0.1, 0.15) is 33.2 Å². The van der Waals surface area contributed by atoms with E-state index in [2.05, 4.69) is 70.4 Å².